The van der Waals surface area contributed by atoms with E-state index >= 15 is 0 Å². The monoisotopic (exact) mass is 266 g/mol. The molecule has 0 amide bonds. The molecule has 3 nitrogen and oxygen atoms in total. The lowest BCUT2D eigenvalue weighted by molar-refractivity contribution is 0.235. The SMILES string of the molecule is CCN(CCC(CO)NC1CC1)c1cccc(F)c1. The normalized spacial score (nSPS) is 16.4. The number of benzene rings is 1. The second-order valence-corrected chi connectivity index (χ2v) is 5.17. The van der Waals surface area contributed by atoms with Crippen LogP contribution in [0.3, 0.4) is 0 Å². The third-order valence-electron chi connectivity index (χ3n) is 3.57. The number of anilines is 1. The number of halogens is 1. The van der Waals surface area contributed by atoms with Crippen LogP contribution in [0.15, 0.2) is 24.3 Å². The molecule has 1 aliphatic carbocycles. The predicted octanol–water partition coefficient (Wildman–Crippen LogP) is 2.15. The zero-order valence-corrected chi connectivity index (χ0v) is 11.5. The summed E-state index contributed by atoms with van der Waals surface area (Å²) >= 11 is 0. The first-order chi connectivity index (χ1) is 9.22. The summed E-state index contributed by atoms with van der Waals surface area (Å²) in [6.07, 6.45) is 3.31. The Morgan fingerprint density at radius 3 is 2.84 bits per heavy atom. The maximum absolute atomic E-state index is 13.2. The molecule has 4 heteroatoms. The zero-order chi connectivity index (χ0) is 13.7. The smallest absolute Gasteiger partial charge is 0.125 e. The van der Waals surface area contributed by atoms with Crippen LogP contribution in [0, 0.1) is 5.82 Å². The van der Waals surface area contributed by atoms with Crippen LogP contribution in [0.5, 0.6) is 0 Å². The largest absolute Gasteiger partial charge is 0.395 e. The Bertz CT molecular complexity index is 395. The van der Waals surface area contributed by atoms with Crippen LogP contribution in [0.1, 0.15) is 26.2 Å². The minimum absolute atomic E-state index is 0.148. The standard InChI is InChI=1S/C15H23FN2O/c1-2-18(15-5-3-4-12(16)10-15)9-8-14(11-19)17-13-6-7-13/h3-5,10,13-14,17,19H,2,6-9,11H2,1H3. The minimum atomic E-state index is -0.203. The molecule has 0 aliphatic heterocycles. The third kappa shape index (κ3) is 4.48. The van der Waals surface area contributed by atoms with E-state index in [-0.39, 0.29) is 18.5 Å². The summed E-state index contributed by atoms with van der Waals surface area (Å²) in [4.78, 5) is 2.14. The Morgan fingerprint density at radius 1 is 1.47 bits per heavy atom. The van der Waals surface area contributed by atoms with E-state index in [1.165, 1.54) is 18.9 Å². The third-order valence-corrected chi connectivity index (χ3v) is 3.57. The highest BCUT2D eigenvalue weighted by Gasteiger charge is 2.24. The van der Waals surface area contributed by atoms with Crippen molar-refractivity contribution in [2.45, 2.75) is 38.3 Å². The lowest BCUT2D eigenvalue weighted by Crippen LogP contribution is -2.38. The summed E-state index contributed by atoms with van der Waals surface area (Å²) in [6.45, 7) is 3.89. The fourth-order valence-corrected chi connectivity index (χ4v) is 2.26. The summed E-state index contributed by atoms with van der Waals surface area (Å²) < 4.78 is 13.2. The van der Waals surface area contributed by atoms with Crippen molar-refractivity contribution in [3.05, 3.63) is 30.1 Å². The lowest BCUT2D eigenvalue weighted by atomic mass is 10.2. The Labute approximate surface area is 114 Å². The first-order valence-corrected chi connectivity index (χ1v) is 7.10. The summed E-state index contributed by atoms with van der Waals surface area (Å²) in [5, 5.41) is 12.8. The summed E-state index contributed by atoms with van der Waals surface area (Å²) in [5.41, 5.74) is 0.908. The molecule has 2 rings (SSSR count). The van der Waals surface area contributed by atoms with E-state index in [1.54, 1.807) is 12.1 Å². The van der Waals surface area contributed by atoms with Gasteiger partial charge in [-0.05, 0) is 44.4 Å². The van der Waals surface area contributed by atoms with Crippen LogP contribution in [0.25, 0.3) is 0 Å². The molecule has 1 aliphatic rings. The van der Waals surface area contributed by atoms with E-state index in [1.807, 2.05) is 6.07 Å². The van der Waals surface area contributed by atoms with Gasteiger partial charge in [0.25, 0.3) is 0 Å². The van der Waals surface area contributed by atoms with Crippen LogP contribution in [0.2, 0.25) is 0 Å². The van der Waals surface area contributed by atoms with E-state index in [0.717, 1.165) is 25.2 Å². The van der Waals surface area contributed by atoms with Crippen LogP contribution in [0.4, 0.5) is 10.1 Å². The van der Waals surface area contributed by atoms with Crippen LogP contribution < -0.4 is 10.2 Å². The second-order valence-electron chi connectivity index (χ2n) is 5.17. The van der Waals surface area contributed by atoms with E-state index in [9.17, 15) is 9.50 Å². The van der Waals surface area contributed by atoms with Gasteiger partial charge < -0.3 is 15.3 Å². The number of rotatable bonds is 8. The van der Waals surface area contributed by atoms with Crippen molar-refractivity contribution in [3.8, 4) is 0 Å². The predicted molar refractivity (Wildman–Crippen MR) is 75.9 cm³/mol. The van der Waals surface area contributed by atoms with Gasteiger partial charge in [-0.15, -0.1) is 0 Å². The molecular formula is C15H23FN2O. The molecule has 1 fully saturated rings. The molecule has 0 saturated heterocycles. The van der Waals surface area contributed by atoms with Gasteiger partial charge in [-0.2, -0.15) is 0 Å². The van der Waals surface area contributed by atoms with Crippen molar-refractivity contribution < 1.29 is 9.50 Å². The average Bonchev–Trinajstić information content (AvgIpc) is 3.22. The molecule has 19 heavy (non-hydrogen) atoms. The highest BCUT2D eigenvalue weighted by Crippen LogP contribution is 2.20. The topological polar surface area (TPSA) is 35.5 Å². The lowest BCUT2D eigenvalue weighted by Gasteiger charge is -2.26. The van der Waals surface area contributed by atoms with Crippen molar-refractivity contribution in [1.82, 2.24) is 5.32 Å². The fraction of sp³-hybridized carbons (Fsp3) is 0.600. The minimum Gasteiger partial charge on any atom is -0.395 e. The molecule has 1 saturated carbocycles. The molecule has 0 heterocycles. The van der Waals surface area contributed by atoms with E-state index < -0.39 is 0 Å². The summed E-state index contributed by atoms with van der Waals surface area (Å²) in [5.74, 6) is -0.203. The molecule has 106 valence electrons. The number of nitrogens with one attached hydrogen (secondary N) is 1. The second kappa shape index (κ2) is 6.87. The molecule has 1 aromatic rings. The molecular weight excluding hydrogens is 243 g/mol. The van der Waals surface area contributed by atoms with E-state index in [4.69, 9.17) is 0 Å². The molecule has 0 radical (unpaired) electrons. The quantitative estimate of drug-likeness (QED) is 0.757. The van der Waals surface area contributed by atoms with Crippen LogP contribution in [-0.2, 0) is 0 Å². The van der Waals surface area contributed by atoms with Gasteiger partial charge in [0.1, 0.15) is 5.82 Å². The van der Waals surface area contributed by atoms with Crippen molar-refractivity contribution in [3.63, 3.8) is 0 Å². The molecule has 1 atom stereocenters. The molecule has 0 spiro atoms. The highest BCUT2D eigenvalue weighted by atomic mass is 19.1. The first kappa shape index (κ1) is 14.3. The van der Waals surface area contributed by atoms with Crippen molar-refractivity contribution in [1.29, 1.82) is 0 Å². The first-order valence-electron chi connectivity index (χ1n) is 7.10. The van der Waals surface area contributed by atoms with Crippen LogP contribution >= 0.6 is 0 Å². The highest BCUT2D eigenvalue weighted by molar-refractivity contribution is 5.46. The van der Waals surface area contributed by atoms with Gasteiger partial charge in [-0.3, -0.25) is 0 Å². The van der Waals surface area contributed by atoms with Crippen molar-refractivity contribution in [2.75, 3.05) is 24.6 Å². The molecule has 1 aromatic carbocycles. The van der Waals surface area contributed by atoms with Gasteiger partial charge >= 0.3 is 0 Å². The van der Waals surface area contributed by atoms with Gasteiger partial charge in [0.2, 0.25) is 0 Å². The van der Waals surface area contributed by atoms with Gasteiger partial charge in [-0.25, -0.2) is 4.39 Å². The Morgan fingerprint density at radius 2 is 2.26 bits per heavy atom. The fourth-order valence-electron chi connectivity index (χ4n) is 2.26. The summed E-state index contributed by atoms with van der Waals surface area (Å²) in [7, 11) is 0. The Hall–Kier alpha value is -1.13. The molecule has 0 aromatic heterocycles. The molecule has 0 bridgehead atoms. The van der Waals surface area contributed by atoms with E-state index in [2.05, 4.69) is 17.1 Å². The van der Waals surface area contributed by atoms with Gasteiger partial charge in [0, 0.05) is 30.9 Å². The molecule has 1 unspecified atom stereocenters. The number of aliphatic hydroxyl groups excluding tert-OH is 1. The van der Waals surface area contributed by atoms with Crippen molar-refractivity contribution >= 4 is 5.69 Å². The van der Waals surface area contributed by atoms with Gasteiger partial charge in [-0.1, -0.05) is 6.07 Å². The van der Waals surface area contributed by atoms with Crippen molar-refractivity contribution in [2.24, 2.45) is 0 Å². The number of nitrogens with zero attached hydrogens (tertiary/aromatic N) is 1. The Kier molecular flexibility index (Phi) is 5.16. The zero-order valence-electron chi connectivity index (χ0n) is 11.5. The summed E-state index contributed by atoms with van der Waals surface area (Å²) in [6, 6.07) is 7.43. The maximum Gasteiger partial charge on any atom is 0.125 e. The maximum atomic E-state index is 13.2. The van der Waals surface area contributed by atoms with Gasteiger partial charge in [0.15, 0.2) is 0 Å². The van der Waals surface area contributed by atoms with Gasteiger partial charge in [0.05, 0.1) is 6.61 Å². The number of hydrogen-bond donors (Lipinski definition) is 2. The number of aliphatic hydroxyl groups is 1. The van der Waals surface area contributed by atoms with E-state index in [0.29, 0.717) is 6.04 Å². The molecule has 2 N–H and O–H groups in total. The Balaban J connectivity index is 1.87. The van der Waals surface area contributed by atoms with Crippen LogP contribution in [-0.4, -0.2) is 36.9 Å². The number of hydrogen-bond acceptors (Lipinski definition) is 3. The average molecular weight is 266 g/mol.